The molecule has 0 saturated heterocycles. The number of aromatic nitrogens is 2. The number of thioether (sulfide) groups is 1. The van der Waals surface area contributed by atoms with Gasteiger partial charge < -0.3 is 10.1 Å². The number of esters is 1. The van der Waals surface area contributed by atoms with Crippen LogP contribution in [0.1, 0.15) is 12.0 Å². The molecule has 1 aromatic carbocycles. The molecule has 0 amide bonds. The fraction of sp³-hybridized carbons (Fsp3) is 0.176. The number of carbonyl (C=O) groups excluding carboxylic acids is 1. The molecule has 3 rings (SSSR count). The molecule has 2 aromatic heterocycles. The van der Waals surface area contributed by atoms with Gasteiger partial charge in [-0.15, -0.1) is 11.3 Å². The molecule has 0 saturated carbocycles. The van der Waals surface area contributed by atoms with Crippen molar-refractivity contribution in [1.29, 1.82) is 5.26 Å². The van der Waals surface area contributed by atoms with Crippen LogP contribution in [0.5, 0.6) is 0 Å². The van der Waals surface area contributed by atoms with Crippen LogP contribution in [0.4, 0.5) is 11.5 Å². The maximum Gasteiger partial charge on any atom is 0.306 e. The molecule has 0 aliphatic carbocycles. The van der Waals surface area contributed by atoms with E-state index in [1.54, 1.807) is 12.1 Å². The Labute approximate surface area is 152 Å². The first kappa shape index (κ1) is 17.2. The number of benzene rings is 1. The summed E-state index contributed by atoms with van der Waals surface area (Å²) in [6.45, 7) is 0. The maximum absolute atomic E-state index is 11.2. The molecular formula is C17H14N4O2S2. The number of rotatable bonds is 6. The van der Waals surface area contributed by atoms with Gasteiger partial charge in [0.1, 0.15) is 10.6 Å². The van der Waals surface area contributed by atoms with Gasteiger partial charge in [0.2, 0.25) is 0 Å². The number of methoxy groups -OCH3 is 1. The fourth-order valence-corrected chi connectivity index (χ4v) is 3.67. The molecule has 0 unspecified atom stereocenters. The quantitative estimate of drug-likeness (QED) is 0.399. The van der Waals surface area contributed by atoms with Crippen molar-refractivity contribution >= 4 is 50.8 Å². The Bertz CT molecular complexity index is 932. The zero-order valence-corrected chi connectivity index (χ0v) is 15.0. The van der Waals surface area contributed by atoms with Gasteiger partial charge in [-0.25, -0.2) is 9.97 Å². The Hall–Kier alpha value is -2.63. The molecule has 0 atom stereocenters. The second kappa shape index (κ2) is 7.96. The van der Waals surface area contributed by atoms with E-state index in [0.717, 1.165) is 15.9 Å². The lowest BCUT2D eigenvalue weighted by molar-refractivity contribution is -0.140. The summed E-state index contributed by atoms with van der Waals surface area (Å²) in [6, 6.07) is 11.2. The first-order chi connectivity index (χ1) is 12.2. The molecule has 0 bridgehead atoms. The average molecular weight is 370 g/mol. The number of nitriles is 1. The van der Waals surface area contributed by atoms with Crippen molar-refractivity contribution in [3.8, 4) is 6.07 Å². The molecule has 0 fully saturated rings. The topological polar surface area (TPSA) is 87.9 Å². The van der Waals surface area contributed by atoms with Crippen molar-refractivity contribution in [2.24, 2.45) is 0 Å². The molecule has 0 radical (unpaired) electrons. The number of thiophene rings is 1. The summed E-state index contributed by atoms with van der Waals surface area (Å²) in [4.78, 5) is 21.2. The molecule has 126 valence electrons. The number of ether oxygens (including phenoxy) is 1. The van der Waals surface area contributed by atoms with Crippen molar-refractivity contribution in [2.45, 2.75) is 11.6 Å². The fourth-order valence-electron chi connectivity index (χ4n) is 2.09. The zero-order chi connectivity index (χ0) is 17.6. The SMILES string of the molecule is COC(=O)CCSc1nc(Nc2ccc(C#N)cc2)c2ccsc2n1. The Balaban J connectivity index is 1.81. The van der Waals surface area contributed by atoms with Gasteiger partial charge in [0.05, 0.1) is 30.5 Å². The number of hydrogen-bond acceptors (Lipinski definition) is 8. The van der Waals surface area contributed by atoms with Crippen LogP contribution in [0.25, 0.3) is 10.2 Å². The van der Waals surface area contributed by atoms with E-state index in [4.69, 9.17) is 5.26 Å². The minimum atomic E-state index is -0.249. The van der Waals surface area contributed by atoms with Gasteiger partial charge in [0.25, 0.3) is 0 Å². The van der Waals surface area contributed by atoms with E-state index in [1.807, 2.05) is 23.6 Å². The third kappa shape index (κ3) is 4.26. The highest BCUT2D eigenvalue weighted by Gasteiger charge is 2.11. The molecule has 8 heteroatoms. The smallest absolute Gasteiger partial charge is 0.306 e. The standard InChI is InChI=1S/C17H14N4O2S2/c1-23-14(22)7-9-25-17-20-15(13-6-8-24-16(13)21-17)19-12-4-2-11(10-18)3-5-12/h2-6,8H,7,9H2,1H3,(H,19,20,21). The number of carbonyl (C=O) groups is 1. The molecule has 0 spiro atoms. The van der Waals surface area contributed by atoms with Gasteiger partial charge in [-0.1, -0.05) is 11.8 Å². The molecule has 1 N–H and O–H groups in total. The van der Waals surface area contributed by atoms with Gasteiger partial charge in [-0.05, 0) is 35.7 Å². The van der Waals surface area contributed by atoms with Gasteiger partial charge in [0.15, 0.2) is 5.16 Å². The maximum atomic E-state index is 11.2. The van der Waals surface area contributed by atoms with Crippen LogP contribution in [-0.4, -0.2) is 28.8 Å². The predicted molar refractivity (Wildman–Crippen MR) is 99.2 cm³/mol. The molecular weight excluding hydrogens is 356 g/mol. The van der Waals surface area contributed by atoms with Crippen LogP contribution in [0, 0.1) is 11.3 Å². The van der Waals surface area contributed by atoms with E-state index in [0.29, 0.717) is 28.7 Å². The third-order valence-corrected chi connectivity index (χ3v) is 5.00. The number of nitrogens with zero attached hydrogens (tertiary/aromatic N) is 3. The highest BCUT2D eigenvalue weighted by atomic mass is 32.2. The van der Waals surface area contributed by atoms with E-state index in [9.17, 15) is 4.79 Å². The van der Waals surface area contributed by atoms with Gasteiger partial charge in [0, 0.05) is 11.4 Å². The number of fused-ring (bicyclic) bond motifs is 1. The first-order valence-electron chi connectivity index (χ1n) is 7.41. The lowest BCUT2D eigenvalue weighted by Crippen LogP contribution is -2.02. The van der Waals surface area contributed by atoms with E-state index in [1.165, 1.54) is 30.2 Å². The Morgan fingerprint density at radius 2 is 2.12 bits per heavy atom. The summed E-state index contributed by atoms with van der Waals surface area (Å²) in [6.07, 6.45) is 0.311. The second-order valence-electron chi connectivity index (χ2n) is 4.98. The number of nitrogens with one attached hydrogen (secondary N) is 1. The molecule has 2 heterocycles. The number of hydrogen-bond donors (Lipinski definition) is 1. The second-order valence-corrected chi connectivity index (χ2v) is 6.94. The van der Waals surface area contributed by atoms with Gasteiger partial charge >= 0.3 is 5.97 Å². The van der Waals surface area contributed by atoms with Gasteiger partial charge in [-0.3, -0.25) is 4.79 Å². The summed E-state index contributed by atoms with van der Waals surface area (Å²) in [5.74, 6) is 1.01. The summed E-state index contributed by atoms with van der Waals surface area (Å²) in [5.41, 5.74) is 1.45. The lowest BCUT2D eigenvalue weighted by atomic mass is 10.2. The van der Waals surface area contributed by atoms with Crippen LogP contribution >= 0.6 is 23.1 Å². The van der Waals surface area contributed by atoms with Crippen molar-refractivity contribution in [3.63, 3.8) is 0 Å². The summed E-state index contributed by atoms with van der Waals surface area (Å²) < 4.78 is 4.64. The monoisotopic (exact) mass is 370 g/mol. The highest BCUT2D eigenvalue weighted by molar-refractivity contribution is 7.99. The van der Waals surface area contributed by atoms with Crippen LogP contribution in [-0.2, 0) is 9.53 Å². The van der Waals surface area contributed by atoms with E-state index in [2.05, 4.69) is 26.1 Å². The van der Waals surface area contributed by atoms with Gasteiger partial charge in [-0.2, -0.15) is 5.26 Å². The Kier molecular flexibility index (Phi) is 5.48. The van der Waals surface area contributed by atoms with Crippen LogP contribution in [0.3, 0.4) is 0 Å². The first-order valence-corrected chi connectivity index (χ1v) is 9.28. The third-order valence-electron chi connectivity index (χ3n) is 3.35. The minimum absolute atomic E-state index is 0.249. The van der Waals surface area contributed by atoms with Crippen LogP contribution < -0.4 is 5.32 Å². The van der Waals surface area contributed by atoms with Crippen molar-refractivity contribution < 1.29 is 9.53 Å². The van der Waals surface area contributed by atoms with Crippen LogP contribution in [0.15, 0.2) is 40.9 Å². The molecule has 6 nitrogen and oxygen atoms in total. The van der Waals surface area contributed by atoms with E-state index >= 15 is 0 Å². The van der Waals surface area contributed by atoms with Crippen molar-refractivity contribution in [2.75, 3.05) is 18.2 Å². The van der Waals surface area contributed by atoms with Crippen LogP contribution in [0.2, 0.25) is 0 Å². The largest absolute Gasteiger partial charge is 0.469 e. The highest BCUT2D eigenvalue weighted by Crippen LogP contribution is 2.30. The number of anilines is 2. The Morgan fingerprint density at radius 3 is 2.84 bits per heavy atom. The molecule has 25 heavy (non-hydrogen) atoms. The average Bonchev–Trinajstić information content (AvgIpc) is 3.11. The molecule has 3 aromatic rings. The van der Waals surface area contributed by atoms with Crippen molar-refractivity contribution in [3.05, 3.63) is 41.3 Å². The lowest BCUT2D eigenvalue weighted by Gasteiger charge is -2.09. The minimum Gasteiger partial charge on any atom is -0.469 e. The molecule has 0 aliphatic rings. The summed E-state index contributed by atoms with van der Waals surface area (Å²) >= 11 is 2.95. The van der Waals surface area contributed by atoms with Crippen molar-refractivity contribution in [1.82, 2.24) is 9.97 Å². The van der Waals surface area contributed by atoms with E-state index in [-0.39, 0.29) is 5.97 Å². The van der Waals surface area contributed by atoms with E-state index < -0.39 is 0 Å². The normalized spacial score (nSPS) is 10.4. The zero-order valence-electron chi connectivity index (χ0n) is 13.4. The predicted octanol–water partition coefficient (Wildman–Crippen LogP) is 3.96. The molecule has 0 aliphatic heterocycles. The summed E-state index contributed by atoms with van der Waals surface area (Å²) in [7, 11) is 1.38. The summed E-state index contributed by atoms with van der Waals surface area (Å²) in [5, 5.41) is 15.7. The Morgan fingerprint density at radius 1 is 1.32 bits per heavy atom.